The highest BCUT2D eigenvalue weighted by atomic mass is 79.9. The number of furan rings is 1. The number of likely N-dealkylation sites (tertiary alicyclic amines) is 1. The summed E-state index contributed by atoms with van der Waals surface area (Å²) in [5, 5.41) is 10.9. The molecular formula is C20H21BrN2O5. The predicted molar refractivity (Wildman–Crippen MR) is 107 cm³/mol. The van der Waals surface area contributed by atoms with Gasteiger partial charge in [0.1, 0.15) is 23.3 Å². The van der Waals surface area contributed by atoms with E-state index in [1.54, 1.807) is 30.3 Å². The molecule has 1 N–H and O–H groups in total. The Labute approximate surface area is 171 Å². The lowest BCUT2D eigenvalue weighted by Gasteiger charge is -2.24. The van der Waals surface area contributed by atoms with Gasteiger partial charge in [0.25, 0.3) is 11.7 Å². The van der Waals surface area contributed by atoms with Crippen molar-refractivity contribution in [1.82, 2.24) is 9.80 Å². The number of ketones is 1. The minimum absolute atomic E-state index is 0.00997. The Balaban J connectivity index is 2.10. The summed E-state index contributed by atoms with van der Waals surface area (Å²) in [7, 11) is 5.30. The lowest BCUT2D eigenvalue weighted by molar-refractivity contribution is -0.140. The number of ether oxygens (including phenoxy) is 1. The summed E-state index contributed by atoms with van der Waals surface area (Å²) >= 11 is 3.37. The Morgan fingerprint density at radius 2 is 2.07 bits per heavy atom. The Hall–Kier alpha value is -2.58. The summed E-state index contributed by atoms with van der Waals surface area (Å²) in [6.07, 6.45) is 1.48. The van der Waals surface area contributed by atoms with Crippen molar-refractivity contribution >= 4 is 33.4 Å². The number of aliphatic hydroxyl groups excluding tert-OH is 1. The highest BCUT2D eigenvalue weighted by molar-refractivity contribution is 9.10. The van der Waals surface area contributed by atoms with Crippen LogP contribution in [0.5, 0.6) is 5.75 Å². The summed E-state index contributed by atoms with van der Waals surface area (Å²) in [4.78, 5) is 28.8. The maximum atomic E-state index is 12.8. The first kappa shape index (κ1) is 20.2. The van der Waals surface area contributed by atoms with E-state index in [0.717, 1.165) is 0 Å². The van der Waals surface area contributed by atoms with E-state index in [4.69, 9.17) is 9.15 Å². The van der Waals surface area contributed by atoms with E-state index in [2.05, 4.69) is 15.9 Å². The second-order valence-corrected chi connectivity index (χ2v) is 7.51. The number of carbonyl (C=O) groups is 2. The van der Waals surface area contributed by atoms with Crippen molar-refractivity contribution in [3.05, 3.63) is 58.0 Å². The number of hydrogen-bond acceptors (Lipinski definition) is 6. The van der Waals surface area contributed by atoms with Crippen LogP contribution in [-0.4, -0.2) is 60.9 Å². The van der Waals surface area contributed by atoms with E-state index < -0.39 is 17.7 Å². The van der Waals surface area contributed by atoms with Gasteiger partial charge in [-0.15, -0.1) is 0 Å². The van der Waals surface area contributed by atoms with Gasteiger partial charge in [0.15, 0.2) is 0 Å². The Morgan fingerprint density at radius 3 is 2.64 bits per heavy atom. The zero-order valence-electron chi connectivity index (χ0n) is 15.8. The van der Waals surface area contributed by atoms with Crippen LogP contribution in [0.3, 0.4) is 0 Å². The van der Waals surface area contributed by atoms with Crippen LogP contribution in [0, 0.1) is 0 Å². The fourth-order valence-electron chi connectivity index (χ4n) is 3.13. The number of amides is 1. The molecule has 0 radical (unpaired) electrons. The third-order valence-corrected chi connectivity index (χ3v) is 5.19. The third-order valence-electron chi connectivity index (χ3n) is 4.57. The van der Waals surface area contributed by atoms with E-state index in [-0.39, 0.29) is 11.3 Å². The lowest BCUT2D eigenvalue weighted by atomic mass is 9.99. The van der Waals surface area contributed by atoms with E-state index >= 15 is 0 Å². The molecule has 2 heterocycles. The lowest BCUT2D eigenvalue weighted by Crippen LogP contribution is -2.35. The first-order valence-corrected chi connectivity index (χ1v) is 9.45. The van der Waals surface area contributed by atoms with Crippen LogP contribution in [0.15, 0.2) is 51.1 Å². The van der Waals surface area contributed by atoms with Crippen LogP contribution in [-0.2, 0) is 9.59 Å². The topological polar surface area (TPSA) is 83.2 Å². The number of carbonyl (C=O) groups excluding carboxylic acids is 2. The number of nitrogens with zero attached hydrogens (tertiary/aromatic N) is 2. The molecule has 0 aliphatic carbocycles. The van der Waals surface area contributed by atoms with Crippen molar-refractivity contribution in [1.29, 1.82) is 0 Å². The number of aliphatic hydroxyl groups is 1. The zero-order chi connectivity index (χ0) is 20.4. The molecule has 28 heavy (non-hydrogen) atoms. The number of rotatable bonds is 6. The molecular weight excluding hydrogens is 428 g/mol. The van der Waals surface area contributed by atoms with Crippen LogP contribution in [0.1, 0.15) is 17.4 Å². The summed E-state index contributed by atoms with van der Waals surface area (Å²) in [6, 6.07) is 7.53. The average molecular weight is 449 g/mol. The van der Waals surface area contributed by atoms with Gasteiger partial charge in [-0.1, -0.05) is 0 Å². The molecule has 1 aliphatic rings. The first-order chi connectivity index (χ1) is 13.3. The summed E-state index contributed by atoms with van der Waals surface area (Å²) < 4.78 is 11.3. The van der Waals surface area contributed by atoms with Crippen molar-refractivity contribution in [3.63, 3.8) is 0 Å². The van der Waals surface area contributed by atoms with E-state index in [9.17, 15) is 14.7 Å². The predicted octanol–water partition coefficient (Wildman–Crippen LogP) is 3.03. The number of hydrogen-bond donors (Lipinski definition) is 1. The van der Waals surface area contributed by atoms with Crippen LogP contribution in [0.2, 0.25) is 0 Å². The third kappa shape index (κ3) is 3.70. The van der Waals surface area contributed by atoms with Gasteiger partial charge in [0.05, 0.1) is 23.4 Å². The second-order valence-electron chi connectivity index (χ2n) is 6.66. The minimum atomic E-state index is -0.782. The molecule has 1 atom stereocenters. The van der Waals surface area contributed by atoms with Gasteiger partial charge in [-0.2, -0.15) is 0 Å². The van der Waals surface area contributed by atoms with Crippen molar-refractivity contribution in [3.8, 4) is 5.75 Å². The number of Topliss-reactive ketones (excluding diaryl/α,β-unsaturated/α-hetero) is 1. The molecule has 2 aromatic rings. The molecule has 0 bridgehead atoms. The van der Waals surface area contributed by atoms with Crippen LogP contribution >= 0.6 is 15.9 Å². The van der Waals surface area contributed by atoms with E-state index in [1.807, 2.05) is 19.0 Å². The van der Waals surface area contributed by atoms with Crippen molar-refractivity contribution in [2.75, 3.05) is 34.3 Å². The van der Waals surface area contributed by atoms with Gasteiger partial charge in [0, 0.05) is 18.7 Å². The largest absolute Gasteiger partial charge is 0.507 e. The standard InChI is InChI=1S/C20H21BrN2O5/c1-22(2)8-9-23-17(15-5-4-10-28-15)16(19(25)20(23)26)18(24)12-6-7-14(27-3)13(21)11-12/h4-7,10-11,17,24H,8-9H2,1-3H3/b18-16-. The molecule has 1 unspecified atom stereocenters. The van der Waals surface area contributed by atoms with E-state index in [1.165, 1.54) is 18.3 Å². The highest BCUT2D eigenvalue weighted by Gasteiger charge is 2.47. The summed E-state index contributed by atoms with van der Waals surface area (Å²) in [6.45, 7) is 0.893. The van der Waals surface area contributed by atoms with Crippen LogP contribution in [0.4, 0.5) is 0 Å². The van der Waals surface area contributed by atoms with Gasteiger partial charge in [-0.05, 0) is 60.4 Å². The Bertz CT molecular complexity index is 921. The molecule has 0 saturated carbocycles. The zero-order valence-corrected chi connectivity index (χ0v) is 17.4. The SMILES string of the molecule is COc1ccc(/C(O)=C2/C(=O)C(=O)N(CCN(C)C)C2c2ccco2)cc1Br. The summed E-state index contributed by atoms with van der Waals surface area (Å²) in [5.41, 5.74) is 0.408. The maximum Gasteiger partial charge on any atom is 0.295 e. The normalized spacial score (nSPS) is 18.9. The van der Waals surface area contributed by atoms with Gasteiger partial charge in [0.2, 0.25) is 0 Å². The smallest absolute Gasteiger partial charge is 0.295 e. The van der Waals surface area contributed by atoms with Gasteiger partial charge < -0.3 is 24.1 Å². The quantitative estimate of drug-likeness (QED) is 0.415. The van der Waals surface area contributed by atoms with Crippen molar-refractivity contribution in [2.24, 2.45) is 0 Å². The number of likely N-dealkylation sites (N-methyl/N-ethyl adjacent to an activating group) is 1. The molecule has 8 heteroatoms. The number of benzene rings is 1. The minimum Gasteiger partial charge on any atom is -0.507 e. The van der Waals surface area contributed by atoms with Crippen molar-refractivity contribution < 1.29 is 23.8 Å². The average Bonchev–Trinajstić information content (AvgIpc) is 3.27. The molecule has 7 nitrogen and oxygen atoms in total. The molecule has 1 fully saturated rings. The van der Waals surface area contributed by atoms with Crippen molar-refractivity contribution in [2.45, 2.75) is 6.04 Å². The number of halogens is 1. The monoisotopic (exact) mass is 448 g/mol. The fourth-order valence-corrected chi connectivity index (χ4v) is 3.67. The fraction of sp³-hybridized carbons (Fsp3) is 0.300. The molecule has 1 aromatic heterocycles. The second kappa shape index (κ2) is 8.20. The molecule has 0 spiro atoms. The van der Waals surface area contributed by atoms with Gasteiger partial charge >= 0.3 is 0 Å². The molecule has 1 aliphatic heterocycles. The summed E-state index contributed by atoms with van der Waals surface area (Å²) in [5.74, 6) is -0.630. The van der Waals surface area contributed by atoms with Crippen LogP contribution < -0.4 is 4.74 Å². The van der Waals surface area contributed by atoms with Gasteiger partial charge in [-0.25, -0.2) is 0 Å². The molecule has 3 rings (SSSR count). The maximum absolute atomic E-state index is 12.8. The van der Waals surface area contributed by atoms with Gasteiger partial charge in [-0.3, -0.25) is 9.59 Å². The van der Waals surface area contributed by atoms with Crippen LogP contribution in [0.25, 0.3) is 5.76 Å². The molecule has 1 saturated heterocycles. The Kier molecular flexibility index (Phi) is 5.90. The highest BCUT2D eigenvalue weighted by Crippen LogP contribution is 2.40. The molecule has 1 aromatic carbocycles. The first-order valence-electron chi connectivity index (χ1n) is 8.65. The molecule has 148 valence electrons. The van der Waals surface area contributed by atoms with E-state index in [0.29, 0.717) is 34.6 Å². The molecule has 1 amide bonds. The Morgan fingerprint density at radius 1 is 1.32 bits per heavy atom. The number of methoxy groups -OCH3 is 1.